The summed E-state index contributed by atoms with van der Waals surface area (Å²) in [6.07, 6.45) is 0. The fourth-order valence-electron chi connectivity index (χ4n) is 0.819. The lowest BCUT2D eigenvalue weighted by atomic mass is 10.3. The molecule has 1 aromatic carbocycles. The Bertz CT molecular complexity index is 417. The van der Waals surface area contributed by atoms with Crippen molar-refractivity contribution in [2.24, 2.45) is 0 Å². The molecule has 0 aliphatic carbocycles. The van der Waals surface area contributed by atoms with Crippen LogP contribution in [0.4, 0.5) is 5.69 Å². The van der Waals surface area contributed by atoms with E-state index in [1.54, 1.807) is 0 Å². The van der Waals surface area contributed by atoms with Gasteiger partial charge in [0.15, 0.2) is 0 Å². The third kappa shape index (κ3) is 2.12. The van der Waals surface area contributed by atoms with E-state index in [9.17, 15) is 8.42 Å². The fraction of sp³-hybridized carbons (Fsp3) is 0.143. The Morgan fingerprint density at radius 3 is 2.62 bits per heavy atom. The van der Waals surface area contributed by atoms with Gasteiger partial charge in [-0.05, 0) is 25.2 Å². The lowest BCUT2D eigenvalue weighted by Crippen LogP contribution is -2.18. The van der Waals surface area contributed by atoms with Crippen molar-refractivity contribution in [3.05, 3.63) is 23.2 Å². The van der Waals surface area contributed by atoms with Gasteiger partial charge in [0.2, 0.25) is 10.0 Å². The smallest absolute Gasteiger partial charge is 0.241 e. The summed E-state index contributed by atoms with van der Waals surface area (Å²) >= 11 is 5.66. The third-order valence-corrected chi connectivity index (χ3v) is 3.39. The number of rotatable bonds is 2. The van der Waals surface area contributed by atoms with E-state index in [1.807, 2.05) is 0 Å². The van der Waals surface area contributed by atoms with Crippen LogP contribution in [0, 0.1) is 0 Å². The average molecular weight is 220 g/mol. The van der Waals surface area contributed by atoms with Gasteiger partial charge in [-0.2, -0.15) is 0 Å². The van der Waals surface area contributed by atoms with Crippen molar-refractivity contribution >= 4 is 27.3 Å². The molecule has 0 aliphatic rings. The molecule has 0 atom stereocenters. The number of sulfonamides is 1. The first-order valence-corrected chi connectivity index (χ1v) is 5.28. The standard InChI is InChI=1S/C7H8ClN2O2S/c1-10-13(11,12)7-4-5(9)2-3-6(7)8/h2-4,9-10H,1H3. The first-order chi connectivity index (χ1) is 5.97. The molecule has 1 radical (unpaired) electrons. The maximum atomic E-state index is 11.3. The van der Waals surface area contributed by atoms with E-state index in [4.69, 9.17) is 17.3 Å². The Balaban J connectivity index is 3.38. The lowest BCUT2D eigenvalue weighted by Gasteiger charge is -2.04. The first-order valence-electron chi connectivity index (χ1n) is 3.42. The zero-order valence-electron chi connectivity index (χ0n) is 6.83. The van der Waals surface area contributed by atoms with Crippen LogP contribution in [-0.4, -0.2) is 15.5 Å². The molecule has 0 bridgehead atoms. The highest BCUT2D eigenvalue weighted by Crippen LogP contribution is 2.23. The summed E-state index contributed by atoms with van der Waals surface area (Å²) in [6, 6.07) is 4.01. The summed E-state index contributed by atoms with van der Waals surface area (Å²) in [5, 5.41) is 0.116. The predicted molar refractivity (Wildman–Crippen MR) is 50.5 cm³/mol. The highest BCUT2D eigenvalue weighted by atomic mass is 35.5. The summed E-state index contributed by atoms with van der Waals surface area (Å²) in [7, 11) is -2.26. The Morgan fingerprint density at radius 2 is 2.08 bits per heavy atom. The number of nitrogens with one attached hydrogen (secondary N) is 2. The fourth-order valence-corrected chi connectivity index (χ4v) is 2.07. The summed E-state index contributed by atoms with van der Waals surface area (Å²) in [5.41, 5.74) is 7.35. The summed E-state index contributed by atoms with van der Waals surface area (Å²) in [6.45, 7) is 0. The van der Waals surface area contributed by atoms with Crippen LogP contribution in [0.2, 0.25) is 5.02 Å². The number of benzene rings is 1. The van der Waals surface area contributed by atoms with Crippen molar-refractivity contribution in [2.75, 3.05) is 7.05 Å². The van der Waals surface area contributed by atoms with Gasteiger partial charge >= 0.3 is 0 Å². The zero-order valence-corrected chi connectivity index (χ0v) is 8.41. The second kappa shape index (κ2) is 3.53. The second-order valence-electron chi connectivity index (χ2n) is 2.35. The molecule has 2 N–H and O–H groups in total. The summed E-state index contributed by atoms with van der Waals surface area (Å²) in [5.74, 6) is 0. The molecule has 0 aromatic heterocycles. The van der Waals surface area contributed by atoms with E-state index >= 15 is 0 Å². The van der Waals surface area contributed by atoms with E-state index in [-0.39, 0.29) is 15.6 Å². The van der Waals surface area contributed by atoms with Crippen molar-refractivity contribution in [3.63, 3.8) is 0 Å². The summed E-state index contributed by atoms with van der Waals surface area (Å²) in [4.78, 5) is -0.0656. The number of hydrogen-bond donors (Lipinski definition) is 1. The highest BCUT2D eigenvalue weighted by Gasteiger charge is 2.15. The molecular formula is C7H8ClN2O2S. The van der Waals surface area contributed by atoms with Gasteiger partial charge in [-0.25, -0.2) is 13.1 Å². The Kier molecular flexibility index (Phi) is 2.80. The normalized spacial score (nSPS) is 11.5. The third-order valence-electron chi connectivity index (χ3n) is 1.49. The van der Waals surface area contributed by atoms with E-state index < -0.39 is 10.0 Å². The van der Waals surface area contributed by atoms with E-state index in [0.29, 0.717) is 0 Å². The molecule has 13 heavy (non-hydrogen) atoms. The van der Waals surface area contributed by atoms with Crippen molar-refractivity contribution < 1.29 is 8.42 Å². The summed E-state index contributed by atoms with van der Waals surface area (Å²) < 4.78 is 24.7. The monoisotopic (exact) mass is 219 g/mol. The van der Waals surface area contributed by atoms with Crippen LogP contribution in [-0.2, 0) is 10.0 Å². The average Bonchev–Trinajstić information content (AvgIpc) is 2.09. The van der Waals surface area contributed by atoms with Crippen molar-refractivity contribution in [1.29, 1.82) is 0 Å². The van der Waals surface area contributed by atoms with Crippen LogP contribution >= 0.6 is 11.6 Å². The molecule has 0 aliphatic heterocycles. The molecule has 0 spiro atoms. The molecule has 71 valence electrons. The molecular weight excluding hydrogens is 212 g/mol. The molecule has 4 nitrogen and oxygen atoms in total. The van der Waals surface area contributed by atoms with Gasteiger partial charge in [0.25, 0.3) is 0 Å². The van der Waals surface area contributed by atoms with Gasteiger partial charge in [0.05, 0.1) is 10.7 Å². The van der Waals surface area contributed by atoms with Gasteiger partial charge in [-0.3, -0.25) is 0 Å². The first kappa shape index (κ1) is 10.3. The molecule has 6 heteroatoms. The molecule has 0 saturated heterocycles. The van der Waals surface area contributed by atoms with Crippen LogP contribution in [0.1, 0.15) is 0 Å². The largest absolute Gasteiger partial charge is 0.301 e. The van der Waals surface area contributed by atoms with Gasteiger partial charge < -0.3 is 5.73 Å². The number of halogens is 1. The molecule has 0 saturated carbocycles. The van der Waals surface area contributed by atoms with Gasteiger partial charge in [0.1, 0.15) is 4.90 Å². The maximum Gasteiger partial charge on any atom is 0.241 e. The minimum absolute atomic E-state index is 0.0656. The quantitative estimate of drug-likeness (QED) is 0.811. The minimum Gasteiger partial charge on any atom is -0.301 e. The maximum absolute atomic E-state index is 11.3. The van der Waals surface area contributed by atoms with Crippen molar-refractivity contribution in [3.8, 4) is 0 Å². The predicted octanol–water partition coefficient (Wildman–Crippen LogP) is 1.16. The Labute approximate surface area is 81.8 Å². The van der Waals surface area contributed by atoms with Crippen LogP contribution < -0.4 is 10.5 Å². The van der Waals surface area contributed by atoms with E-state index in [2.05, 4.69) is 4.72 Å². The molecule has 0 amide bonds. The SMILES string of the molecule is CNS(=O)(=O)c1cc([NH])ccc1Cl. The highest BCUT2D eigenvalue weighted by molar-refractivity contribution is 7.89. The van der Waals surface area contributed by atoms with Gasteiger partial charge in [-0.1, -0.05) is 11.6 Å². The molecule has 0 heterocycles. The van der Waals surface area contributed by atoms with E-state index in [0.717, 1.165) is 0 Å². The molecule has 1 aromatic rings. The van der Waals surface area contributed by atoms with Gasteiger partial charge in [-0.15, -0.1) is 0 Å². The minimum atomic E-state index is -3.55. The Hall–Kier alpha value is -0.780. The zero-order chi connectivity index (χ0) is 10.1. The van der Waals surface area contributed by atoms with Crippen molar-refractivity contribution in [2.45, 2.75) is 4.90 Å². The Morgan fingerprint density at radius 1 is 1.46 bits per heavy atom. The molecule has 0 unspecified atom stereocenters. The molecule has 1 rings (SSSR count). The van der Waals surface area contributed by atoms with Gasteiger partial charge in [0, 0.05) is 0 Å². The second-order valence-corrected chi connectivity index (χ2v) is 4.61. The van der Waals surface area contributed by atoms with Crippen LogP contribution in [0.3, 0.4) is 0 Å². The van der Waals surface area contributed by atoms with Crippen molar-refractivity contribution in [1.82, 2.24) is 10.5 Å². The molecule has 0 fully saturated rings. The topological polar surface area (TPSA) is 70.0 Å². The van der Waals surface area contributed by atoms with Crippen LogP contribution in [0.25, 0.3) is 0 Å². The van der Waals surface area contributed by atoms with E-state index in [1.165, 1.54) is 25.2 Å². The lowest BCUT2D eigenvalue weighted by molar-refractivity contribution is 0.588. The number of hydrogen-bond acceptors (Lipinski definition) is 2. The van der Waals surface area contributed by atoms with Crippen LogP contribution in [0.15, 0.2) is 23.1 Å². The van der Waals surface area contributed by atoms with Crippen LogP contribution in [0.5, 0.6) is 0 Å².